The van der Waals surface area contributed by atoms with E-state index in [4.69, 9.17) is 18.9 Å². The zero-order valence-electron chi connectivity index (χ0n) is 17.5. The van der Waals surface area contributed by atoms with E-state index in [0.717, 1.165) is 16.5 Å². The molecule has 3 rings (SSSR count). The second kappa shape index (κ2) is 9.35. The standard InChI is InChI=1S/C23H25NO6/c1-14(22(26)17-13-24-18-8-6-5-7-16(17)18)30-21(25)10-9-15-11-19(27-2)23(29-4)20(12-15)28-3/h5-8,11-14,24H,9-10H2,1-4H3/t14-/m0/s1. The van der Waals surface area contributed by atoms with Crippen LogP contribution >= 0.6 is 0 Å². The fourth-order valence-corrected chi connectivity index (χ4v) is 3.33. The SMILES string of the molecule is COc1cc(CCC(=O)O[C@@H](C)C(=O)c2c[nH]c3ccccc23)cc(OC)c1OC. The van der Waals surface area contributed by atoms with Gasteiger partial charge in [-0.2, -0.15) is 0 Å². The number of ether oxygens (including phenoxy) is 4. The smallest absolute Gasteiger partial charge is 0.306 e. The van der Waals surface area contributed by atoms with Gasteiger partial charge in [0.2, 0.25) is 11.5 Å². The summed E-state index contributed by atoms with van der Waals surface area (Å²) in [7, 11) is 4.60. The number of para-hydroxylation sites is 1. The number of aromatic nitrogens is 1. The quantitative estimate of drug-likeness (QED) is 0.424. The molecule has 0 aliphatic carbocycles. The molecule has 0 aliphatic heterocycles. The minimum absolute atomic E-state index is 0.115. The number of benzene rings is 2. The number of aryl methyl sites for hydroxylation is 1. The molecule has 1 heterocycles. The van der Waals surface area contributed by atoms with Crippen LogP contribution in [0.3, 0.4) is 0 Å². The van der Waals surface area contributed by atoms with Gasteiger partial charge < -0.3 is 23.9 Å². The molecule has 0 fully saturated rings. The number of methoxy groups -OCH3 is 3. The van der Waals surface area contributed by atoms with Gasteiger partial charge in [0, 0.05) is 29.1 Å². The summed E-state index contributed by atoms with van der Waals surface area (Å²) in [6.07, 6.45) is 1.29. The average Bonchev–Trinajstić information content (AvgIpc) is 3.20. The Labute approximate surface area is 174 Å². The fraction of sp³-hybridized carbons (Fsp3) is 0.304. The van der Waals surface area contributed by atoms with Gasteiger partial charge in [0.15, 0.2) is 17.6 Å². The third kappa shape index (κ3) is 4.40. The van der Waals surface area contributed by atoms with Crippen LogP contribution in [0.5, 0.6) is 17.2 Å². The van der Waals surface area contributed by atoms with Crippen molar-refractivity contribution in [2.24, 2.45) is 0 Å². The van der Waals surface area contributed by atoms with Crippen molar-refractivity contribution in [2.45, 2.75) is 25.9 Å². The van der Waals surface area contributed by atoms with Crippen molar-refractivity contribution in [1.82, 2.24) is 4.98 Å². The third-order valence-electron chi connectivity index (χ3n) is 4.87. The lowest BCUT2D eigenvalue weighted by Gasteiger charge is -2.15. The van der Waals surface area contributed by atoms with Gasteiger partial charge in [-0.3, -0.25) is 9.59 Å². The maximum absolute atomic E-state index is 12.7. The van der Waals surface area contributed by atoms with E-state index in [0.29, 0.717) is 29.2 Å². The van der Waals surface area contributed by atoms with Crippen LogP contribution in [0.25, 0.3) is 10.9 Å². The normalized spacial score (nSPS) is 11.7. The van der Waals surface area contributed by atoms with Gasteiger partial charge in [0.1, 0.15) is 0 Å². The first kappa shape index (κ1) is 21.2. The minimum atomic E-state index is -0.878. The summed E-state index contributed by atoms with van der Waals surface area (Å²) in [5.41, 5.74) is 2.20. The van der Waals surface area contributed by atoms with Crippen molar-refractivity contribution >= 4 is 22.7 Å². The largest absolute Gasteiger partial charge is 0.493 e. The van der Waals surface area contributed by atoms with E-state index >= 15 is 0 Å². The first-order valence-electron chi connectivity index (χ1n) is 9.57. The van der Waals surface area contributed by atoms with Crippen molar-refractivity contribution in [3.8, 4) is 17.2 Å². The highest BCUT2D eigenvalue weighted by Gasteiger charge is 2.22. The van der Waals surface area contributed by atoms with E-state index in [-0.39, 0.29) is 12.2 Å². The third-order valence-corrected chi connectivity index (χ3v) is 4.87. The number of Topliss-reactive ketones (excluding diaryl/α,β-unsaturated/α-hetero) is 1. The average molecular weight is 411 g/mol. The predicted molar refractivity (Wildman–Crippen MR) is 113 cm³/mol. The maximum atomic E-state index is 12.7. The summed E-state index contributed by atoms with van der Waals surface area (Å²) in [4.78, 5) is 28.1. The van der Waals surface area contributed by atoms with E-state index in [1.807, 2.05) is 24.3 Å². The molecule has 0 amide bonds. The van der Waals surface area contributed by atoms with Crippen LogP contribution < -0.4 is 14.2 Å². The van der Waals surface area contributed by atoms with Gasteiger partial charge in [0.25, 0.3) is 0 Å². The number of aromatic amines is 1. The van der Waals surface area contributed by atoms with Gasteiger partial charge in [-0.25, -0.2) is 0 Å². The van der Waals surface area contributed by atoms with E-state index in [1.54, 1.807) is 25.3 Å². The van der Waals surface area contributed by atoms with Crippen LogP contribution in [0.4, 0.5) is 0 Å². The molecule has 0 aliphatic rings. The molecule has 0 saturated carbocycles. The fourth-order valence-electron chi connectivity index (χ4n) is 3.33. The molecular formula is C23H25NO6. The first-order chi connectivity index (χ1) is 14.5. The van der Waals surface area contributed by atoms with Crippen LogP contribution in [0, 0.1) is 0 Å². The van der Waals surface area contributed by atoms with Gasteiger partial charge in [0.05, 0.1) is 21.3 Å². The second-order valence-electron chi connectivity index (χ2n) is 6.78. The molecule has 3 aromatic rings. The van der Waals surface area contributed by atoms with E-state index in [2.05, 4.69) is 4.98 Å². The summed E-state index contributed by atoms with van der Waals surface area (Å²) in [6, 6.07) is 11.1. The summed E-state index contributed by atoms with van der Waals surface area (Å²) >= 11 is 0. The number of hydrogen-bond acceptors (Lipinski definition) is 6. The molecule has 2 aromatic carbocycles. The van der Waals surface area contributed by atoms with Gasteiger partial charge in [-0.15, -0.1) is 0 Å². The molecule has 7 nitrogen and oxygen atoms in total. The Kier molecular flexibility index (Phi) is 6.61. The number of ketones is 1. The molecule has 158 valence electrons. The topological polar surface area (TPSA) is 86.9 Å². The lowest BCUT2D eigenvalue weighted by atomic mass is 10.1. The molecule has 0 radical (unpaired) electrons. The molecule has 1 atom stereocenters. The van der Waals surface area contributed by atoms with Crippen molar-refractivity contribution in [2.75, 3.05) is 21.3 Å². The molecule has 0 unspecified atom stereocenters. The highest BCUT2D eigenvalue weighted by Crippen LogP contribution is 2.38. The van der Waals surface area contributed by atoms with E-state index in [1.165, 1.54) is 21.3 Å². The van der Waals surface area contributed by atoms with Gasteiger partial charge in [-0.1, -0.05) is 18.2 Å². The molecule has 30 heavy (non-hydrogen) atoms. The number of nitrogens with one attached hydrogen (secondary N) is 1. The predicted octanol–water partition coefficient (Wildman–Crippen LogP) is 3.94. The molecule has 0 bridgehead atoms. The number of rotatable bonds is 9. The Bertz CT molecular complexity index is 1030. The Hall–Kier alpha value is -3.48. The highest BCUT2D eigenvalue weighted by atomic mass is 16.5. The number of carbonyl (C=O) groups excluding carboxylic acids is 2. The zero-order valence-corrected chi connectivity index (χ0v) is 17.5. The lowest BCUT2D eigenvalue weighted by Crippen LogP contribution is -2.24. The van der Waals surface area contributed by atoms with Crippen LogP contribution in [0.2, 0.25) is 0 Å². The molecule has 0 saturated heterocycles. The van der Waals surface area contributed by atoms with Crippen molar-refractivity contribution < 1.29 is 28.5 Å². The molecule has 7 heteroatoms. The minimum Gasteiger partial charge on any atom is -0.493 e. The van der Waals surface area contributed by atoms with Crippen molar-refractivity contribution in [3.63, 3.8) is 0 Å². The molecule has 0 spiro atoms. The number of esters is 1. The zero-order chi connectivity index (χ0) is 21.7. The number of H-pyrrole nitrogens is 1. The Morgan fingerprint density at radius 3 is 2.30 bits per heavy atom. The maximum Gasteiger partial charge on any atom is 0.306 e. The number of fused-ring (bicyclic) bond motifs is 1. The van der Waals surface area contributed by atoms with Gasteiger partial charge >= 0.3 is 5.97 Å². The van der Waals surface area contributed by atoms with Crippen LogP contribution in [-0.2, 0) is 16.0 Å². The number of hydrogen-bond donors (Lipinski definition) is 1. The summed E-state index contributed by atoms with van der Waals surface area (Å²) in [5, 5.41) is 0.808. The Balaban J connectivity index is 1.63. The van der Waals surface area contributed by atoms with Crippen LogP contribution in [0.15, 0.2) is 42.6 Å². The first-order valence-corrected chi connectivity index (χ1v) is 9.57. The van der Waals surface area contributed by atoms with Crippen LogP contribution in [0.1, 0.15) is 29.3 Å². The monoisotopic (exact) mass is 411 g/mol. The second-order valence-corrected chi connectivity index (χ2v) is 6.78. The Morgan fingerprint density at radius 2 is 1.67 bits per heavy atom. The van der Waals surface area contributed by atoms with E-state index in [9.17, 15) is 9.59 Å². The van der Waals surface area contributed by atoms with Gasteiger partial charge in [-0.05, 0) is 37.1 Å². The highest BCUT2D eigenvalue weighted by molar-refractivity contribution is 6.10. The van der Waals surface area contributed by atoms with Crippen molar-refractivity contribution in [3.05, 3.63) is 53.7 Å². The number of carbonyl (C=O) groups is 2. The van der Waals surface area contributed by atoms with Crippen LogP contribution in [-0.4, -0.2) is 44.2 Å². The molecular weight excluding hydrogens is 386 g/mol. The molecule has 1 N–H and O–H groups in total. The summed E-state index contributed by atoms with van der Waals surface area (Å²) in [6.45, 7) is 1.58. The van der Waals surface area contributed by atoms with E-state index < -0.39 is 12.1 Å². The van der Waals surface area contributed by atoms with Crippen molar-refractivity contribution in [1.29, 1.82) is 0 Å². The molecule has 1 aromatic heterocycles. The Morgan fingerprint density at radius 1 is 1.00 bits per heavy atom. The lowest BCUT2D eigenvalue weighted by molar-refractivity contribution is -0.146. The summed E-state index contributed by atoms with van der Waals surface area (Å²) < 4.78 is 21.3. The summed E-state index contributed by atoms with van der Waals surface area (Å²) in [5.74, 6) is 0.827.